The van der Waals surface area contributed by atoms with Gasteiger partial charge in [-0.2, -0.15) is 0 Å². The molecule has 0 bridgehead atoms. The van der Waals surface area contributed by atoms with E-state index in [0.29, 0.717) is 0 Å². The number of unbranched alkanes of at least 4 members (excludes halogenated alkanes) is 2. The molecule has 3 N–H and O–H groups in total. The lowest BCUT2D eigenvalue weighted by Gasteiger charge is -2.45. The van der Waals surface area contributed by atoms with Crippen LogP contribution in [0, 0.1) is 12.8 Å². The molecule has 1 unspecified atom stereocenters. The minimum absolute atomic E-state index is 0.137. The van der Waals surface area contributed by atoms with E-state index in [0.717, 1.165) is 39.6 Å². The number of carbonyl (C=O) groups is 3. The van der Waals surface area contributed by atoms with Crippen molar-refractivity contribution in [3.8, 4) is 0 Å². The number of methoxy groups -OCH3 is 1. The fourth-order valence-electron chi connectivity index (χ4n) is 4.13. The number of rotatable bonds is 11. The van der Waals surface area contributed by atoms with E-state index in [1.54, 1.807) is 6.92 Å². The summed E-state index contributed by atoms with van der Waals surface area (Å²) in [5.41, 5.74) is 3.95. The number of carbonyl (C=O) groups excluding carboxylic acids is 3. The number of imide groups is 1. The summed E-state index contributed by atoms with van der Waals surface area (Å²) >= 11 is 0. The number of anilines is 1. The first-order valence-corrected chi connectivity index (χ1v) is 12.4. The van der Waals surface area contributed by atoms with Crippen molar-refractivity contribution < 1.29 is 19.1 Å². The largest absolute Gasteiger partial charge is 0.469 e. The summed E-state index contributed by atoms with van der Waals surface area (Å²) in [4.78, 5) is 41.1. The van der Waals surface area contributed by atoms with Crippen molar-refractivity contribution in [1.29, 1.82) is 0 Å². The smallest absolute Gasteiger partial charge is 0.345 e. The van der Waals surface area contributed by atoms with Gasteiger partial charge in [-0.25, -0.2) is 25.3 Å². The van der Waals surface area contributed by atoms with E-state index < -0.39 is 30.2 Å². The van der Waals surface area contributed by atoms with Crippen LogP contribution in [-0.4, -0.2) is 52.8 Å². The van der Waals surface area contributed by atoms with Crippen LogP contribution in [0.3, 0.4) is 0 Å². The minimum atomic E-state index is -0.915. The first-order valence-electron chi connectivity index (χ1n) is 12.4. The molecule has 0 spiro atoms. The zero-order valence-electron chi connectivity index (χ0n) is 21.6. The van der Waals surface area contributed by atoms with E-state index in [2.05, 4.69) is 12.2 Å². The predicted molar refractivity (Wildman–Crippen MR) is 139 cm³/mol. The summed E-state index contributed by atoms with van der Waals surface area (Å²) in [5, 5.41) is 4.24. The van der Waals surface area contributed by atoms with Crippen LogP contribution in [0.1, 0.15) is 49.8 Å². The van der Waals surface area contributed by atoms with Crippen LogP contribution in [0.15, 0.2) is 48.5 Å². The highest BCUT2D eigenvalue weighted by atomic mass is 16.5. The highest BCUT2D eigenvalue weighted by Crippen LogP contribution is 2.24. The maximum Gasteiger partial charge on any atom is 0.345 e. The maximum atomic E-state index is 13.6. The normalized spacial score (nSPS) is 16.8. The van der Waals surface area contributed by atoms with Crippen molar-refractivity contribution in [2.45, 2.75) is 59.3 Å². The molecule has 1 heterocycles. The lowest BCUT2D eigenvalue weighted by molar-refractivity contribution is -0.145. The Morgan fingerprint density at radius 2 is 1.67 bits per heavy atom. The van der Waals surface area contributed by atoms with Gasteiger partial charge in [0.2, 0.25) is 6.29 Å². The highest BCUT2D eigenvalue weighted by Gasteiger charge is 2.44. The summed E-state index contributed by atoms with van der Waals surface area (Å²) in [5.74, 6) is 5.05. The Hall–Kier alpha value is -3.59. The molecule has 1 saturated heterocycles. The van der Waals surface area contributed by atoms with Gasteiger partial charge in [-0.1, -0.05) is 68.7 Å². The molecule has 1 fully saturated rings. The molecule has 1 aliphatic heterocycles. The van der Waals surface area contributed by atoms with Crippen LogP contribution >= 0.6 is 0 Å². The second-order valence-corrected chi connectivity index (χ2v) is 9.29. The standard InChI is InChI=1S/C27H37N5O4/c1-5-6-7-8-21-13-15-23(16-14-21)29-25-30(18-22-11-9-19(2)10-12-22)26(34)31(27(35)32(25)28)17-20(3)24(33)36-4/h9-16,20,25,29H,5-8,17-18,28H2,1-4H3/t20-,25?/m0/s1. The number of hydrogen-bond acceptors (Lipinski definition) is 6. The summed E-state index contributed by atoms with van der Waals surface area (Å²) in [6, 6.07) is 14.5. The maximum absolute atomic E-state index is 13.6. The molecule has 4 amide bonds. The summed E-state index contributed by atoms with van der Waals surface area (Å²) in [6.45, 7) is 5.85. The molecule has 36 heavy (non-hydrogen) atoms. The van der Waals surface area contributed by atoms with E-state index in [1.807, 2.05) is 55.5 Å². The molecule has 2 aromatic rings. The van der Waals surface area contributed by atoms with E-state index in [9.17, 15) is 14.4 Å². The van der Waals surface area contributed by atoms with Gasteiger partial charge < -0.3 is 10.1 Å². The number of esters is 1. The van der Waals surface area contributed by atoms with Crippen molar-refractivity contribution >= 4 is 23.7 Å². The third-order valence-electron chi connectivity index (χ3n) is 6.34. The number of benzene rings is 2. The van der Waals surface area contributed by atoms with Gasteiger partial charge in [0.05, 0.1) is 19.6 Å². The number of aryl methyl sites for hydroxylation is 2. The first kappa shape index (κ1) is 27.0. The third-order valence-corrected chi connectivity index (χ3v) is 6.34. The summed E-state index contributed by atoms with van der Waals surface area (Å²) in [6.07, 6.45) is 3.58. The van der Waals surface area contributed by atoms with Gasteiger partial charge in [0.1, 0.15) is 0 Å². The molecule has 2 atom stereocenters. The Morgan fingerprint density at radius 3 is 2.28 bits per heavy atom. The van der Waals surface area contributed by atoms with Crippen LogP contribution < -0.4 is 11.2 Å². The van der Waals surface area contributed by atoms with Crippen molar-refractivity contribution in [3.63, 3.8) is 0 Å². The summed E-state index contributed by atoms with van der Waals surface area (Å²) < 4.78 is 4.77. The lowest BCUT2D eigenvalue weighted by Crippen LogP contribution is -2.70. The Morgan fingerprint density at radius 1 is 1.03 bits per heavy atom. The summed E-state index contributed by atoms with van der Waals surface area (Å²) in [7, 11) is 1.27. The first-order chi connectivity index (χ1) is 17.2. The molecule has 3 rings (SSSR count). The van der Waals surface area contributed by atoms with Crippen LogP contribution in [0.5, 0.6) is 0 Å². The quantitative estimate of drug-likeness (QED) is 0.206. The SMILES string of the molecule is CCCCCc1ccc(NC2N(N)C(=O)N(C[C@H](C)C(=O)OC)C(=O)N2Cc2ccc(C)cc2)cc1. The van der Waals surface area contributed by atoms with Crippen molar-refractivity contribution in [2.75, 3.05) is 19.0 Å². The third kappa shape index (κ3) is 6.54. The number of hydrazine groups is 1. The van der Waals surface area contributed by atoms with E-state index >= 15 is 0 Å². The second-order valence-electron chi connectivity index (χ2n) is 9.29. The van der Waals surface area contributed by atoms with Crippen LogP contribution in [0.25, 0.3) is 0 Å². The number of nitrogens with two attached hydrogens (primary N) is 1. The van der Waals surface area contributed by atoms with Gasteiger partial charge in [-0.15, -0.1) is 0 Å². The average molecular weight is 496 g/mol. The number of hydrogen-bond donors (Lipinski definition) is 2. The second kappa shape index (κ2) is 12.4. The van der Waals surface area contributed by atoms with Crippen molar-refractivity contribution in [1.82, 2.24) is 14.8 Å². The lowest BCUT2D eigenvalue weighted by atomic mass is 10.1. The van der Waals surface area contributed by atoms with Gasteiger partial charge in [0.15, 0.2) is 0 Å². The molecule has 1 aliphatic rings. The zero-order valence-corrected chi connectivity index (χ0v) is 21.6. The molecule has 0 aliphatic carbocycles. The minimum Gasteiger partial charge on any atom is -0.469 e. The number of nitrogens with one attached hydrogen (secondary N) is 1. The fourth-order valence-corrected chi connectivity index (χ4v) is 4.13. The average Bonchev–Trinajstić information content (AvgIpc) is 2.88. The van der Waals surface area contributed by atoms with Gasteiger partial charge >= 0.3 is 18.0 Å². The van der Waals surface area contributed by atoms with E-state index in [4.69, 9.17) is 10.6 Å². The number of ether oxygens (including phenoxy) is 1. The van der Waals surface area contributed by atoms with Gasteiger partial charge in [0, 0.05) is 12.2 Å². The molecule has 194 valence electrons. The van der Waals surface area contributed by atoms with Crippen molar-refractivity contribution in [3.05, 3.63) is 65.2 Å². The molecular formula is C27H37N5O4. The Bertz CT molecular complexity index is 1040. The zero-order chi connectivity index (χ0) is 26.2. The van der Waals surface area contributed by atoms with Crippen molar-refractivity contribution in [2.24, 2.45) is 11.8 Å². The number of nitrogens with zero attached hydrogens (tertiary/aromatic N) is 3. The molecule has 9 heteroatoms. The molecular weight excluding hydrogens is 458 g/mol. The van der Waals surface area contributed by atoms with E-state index in [-0.39, 0.29) is 13.1 Å². The Balaban J connectivity index is 1.85. The Labute approximate surface area is 213 Å². The molecule has 9 nitrogen and oxygen atoms in total. The van der Waals surface area contributed by atoms with Crippen LogP contribution in [0.2, 0.25) is 0 Å². The highest BCUT2D eigenvalue weighted by molar-refractivity contribution is 5.96. The van der Waals surface area contributed by atoms with E-state index in [1.165, 1.54) is 30.4 Å². The predicted octanol–water partition coefficient (Wildman–Crippen LogP) is 4.47. The monoisotopic (exact) mass is 495 g/mol. The molecule has 0 aromatic heterocycles. The van der Waals surface area contributed by atoms with Crippen LogP contribution in [-0.2, 0) is 22.5 Å². The number of amides is 4. The topological polar surface area (TPSA) is 108 Å². The van der Waals surface area contributed by atoms with Gasteiger partial charge in [0.25, 0.3) is 0 Å². The fraction of sp³-hybridized carbons (Fsp3) is 0.444. The van der Waals surface area contributed by atoms with Crippen LogP contribution in [0.4, 0.5) is 15.3 Å². The van der Waals surface area contributed by atoms with Gasteiger partial charge in [-0.05, 0) is 43.0 Å². The Kier molecular flexibility index (Phi) is 9.30. The molecule has 2 aromatic carbocycles. The van der Waals surface area contributed by atoms with Gasteiger partial charge in [-0.3, -0.25) is 9.69 Å². The number of urea groups is 2. The molecule has 0 radical (unpaired) electrons. The molecule has 0 saturated carbocycles.